The third-order valence-corrected chi connectivity index (χ3v) is 1.47. The average Bonchev–Trinajstić information content (AvgIpc) is 1.98. The quantitative estimate of drug-likeness (QED) is 0.514. The van der Waals surface area contributed by atoms with Gasteiger partial charge in [-0.3, -0.25) is 6.67 Å². The molecule has 0 N–H and O–H groups in total. The van der Waals surface area contributed by atoms with Crippen LogP contribution in [0.4, 0.5) is 0 Å². The fourth-order valence-electron chi connectivity index (χ4n) is 0.555. The van der Waals surface area contributed by atoms with Crippen LogP contribution in [-0.2, 0) is 32.7 Å². The topological polar surface area (TPSA) is 28.2 Å². The molecule has 3 heteroatoms. The molecule has 0 aliphatic rings. The molecule has 1 radical (unpaired) electrons. The molecule has 1 unspecified atom stereocenters. The van der Waals surface area contributed by atoms with Crippen LogP contribution in [0.1, 0.15) is 33.6 Å². The van der Waals surface area contributed by atoms with E-state index < -0.39 is 0 Å². The molecule has 0 aliphatic carbocycles. The molecule has 1 atom stereocenters. The smallest absolute Gasteiger partial charge is 0 e. The molecule has 0 aliphatic heterocycles. The Balaban J connectivity index is -0.000000135. The van der Waals surface area contributed by atoms with E-state index in [4.69, 9.17) is 0 Å². The van der Waals surface area contributed by atoms with Crippen LogP contribution in [0, 0.1) is 14.9 Å². The summed E-state index contributed by atoms with van der Waals surface area (Å²) >= 11 is 0. The zero-order valence-electron chi connectivity index (χ0n) is 9.88. The third kappa shape index (κ3) is 19.4. The Hall–Kier alpha value is 1.02. The van der Waals surface area contributed by atoms with Crippen molar-refractivity contribution >= 4 is 0 Å². The third-order valence-electron chi connectivity index (χ3n) is 1.47. The molecule has 0 saturated heterocycles. The van der Waals surface area contributed by atoms with E-state index in [1.54, 1.807) is 0 Å². The molecule has 0 aromatic carbocycles. The number of hydrogen-bond acceptors (Lipinski definition) is 0. The molecule has 2 nitrogen and oxygen atoms in total. The van der Waals surface area contributed by atoms with Crippen molar-refractivity contribution in [2.75, 3.05) is 13.2 Å². The minimum Gasteiger partial charge on any atom is -0.681 e. The minimum atomic E-state index is 0. The van der Waals surface area contributed by atoms with E-state index in [1.165, 1.54) is 0 Å². The van der Waals surface area contributed by atoms with Gasteiger partial charge >= 0.3 is 0 Å². The maximum Gasteiger partial charge on any atom is 0 e. The van der Waals surface area contributed by atoms with Crippen molar-refractivity contribution in [2.45, 2.75) is 39.7 Å². The molecular formula is C10H24N2Y-4. The Bertz CT molecular complexity index is 69.9. The molecule has 0 amide bonds. The summed E-state index contributed by atoms with van der Waals surface area (Å²) < 4.78 is 0. The maximum absolute atomic E-state index is 4.31. The summed E-state index contributed by atoms with van der Waals surface area (Å²) in [5.41, 5.74) is 0. The van der Waals surface area contributed by atoms with Crippen LogP contribution < -0.4 is 0 Å². The maximum atomic E-state index is 4.31. The molecule has 0 spiro atoms. The van der Waals surface area contributed by atoms with Crippen molar-refractivity contribution in [3.8, 4) is 0 Å². The van der Waals surface area contributed by atoms with Crippen molar-refractivity contribution in [3.63, 3.8) is 0 Å². The Kier molecular flexibility index (Phi) is 34.1. The van der Waals surface area contributed by atoms with Gasteiger partial charge in [-0.25, -0.2) is 0 Å². The van der Waals surface area contributed by atoms with Gasteiger partial charge in [0.05, 0.1) is 0 Å². The molecule has 0 aromatic rings. The SMILES string of the molecule is CCC[N-]C[N-]C(C)CC.[CH3-].[CH3-].[Y]. The standard InChI is InChI=1S/C8H18N2.2CH3.Y/c1-4-6-9-7-10-8(3)5-2;;;/h8H,4-7H2,1-3H3;2*1H3;/q-2;2*-1;. The largest absolute Gasteiger partial charge is 0.681 e. The number of rotatable bonds is 6. The fourth-order valence-corrected chi connectivity index (χ4v) is 0.555. The van der Waals surface area contributed by atoms with Gasteiger partial charge in [0.2, 0.25) is 0 Å². The molecule has 0 heterocycles. The fraction of sp³-hybridized carbons (Fsp3) is 0.800. The van der Waals surface area contributed by atoms with E-state index in [0.29, 0.717) is 12.7 Å². The summed E-state index contributed by atoms with van der Waals surface area (Å²) in [7, 11) is 0. The summed E-state index contributed by atoms with van der Waals surface area (Å²) in [5, 5.41) is 8.52. The Morgan fingerprint density at radius 3 is 2.08 bits per heavy atom. The second kappa shape index (κ2) is 18.7. The molecule has 0 fully saturated rings. The monoisotopic (exact) mass is 261 g/mol. The van der Waals surface area contributed by atoms with Crippen LogP contribution >= 0.6 is 0 Å². The summed E-state index contributed by atoms with van der Waals surface area (Å²) in [6, 6.07) is 0.487. The van der Waals surface area contributed by atoms with Crippen LogP contribution in [0.2, 0.25) is 0 Å². The van der Waals surface area contributed by atoms with Gasteiger partial charge in [-0.05, 0) is 0 Å². The van der Waals surface area contributed by atoms with Crippen LogP contribution in [0.3, 0.4) is 0 Å². The van der Waals surface area contributed by atoms with Crippen LogP contribution in [0.15, 0.2) is 0 Å². The van der Waals surface area contributed by atoms with Gasteiger partial charge in [0.25, 0.3) is 0 Å². The van der Waals surface area contributed by atoms with Crippen molar-refractivity contribution < 1.29 is 32.7 Å². The second-order valence-corrected chi connectivity index (χ2v) is 2.53. The molecule has 0 saturated carbocycles. The molecule has 0 aromatic heterocycles. The zero-order chi connectivity index (χ0) is 7.82. The number of nitrogens with zero attached hydrogens (tertiary/aromatic N) is 2. The van der Waals surface area contributed by atoms with Gasteiger partial charge in [-0.15, -0.1) is 6.04 Å². The number of hydrogen-bond donors (Lipinski definition) is 0. The zero-order valence-corrected chi connectivity index (χ0v) is 12.7. The predicted octanol–water partition coefficient (Wildman–Crippen LogP) is 3.80. The van der Waals surface area contributed by atoms with Gasteiger partial charge in [-0.2, -0.15) is 6.54 Å². The van der Waals surface area contributed by atoms with Crippen molar-refractivity contribution in [2.24, 2.45) is 0 Å². The van der Waals surface area contributed by atoms with Crippen LogP contribution in [0.25, 0.3) is 10.6 Å². The molecule has 13 heavy (non-hydrogen) atoms. The van der Waals surface area contributed by atoms with Crippen molar-refractivity contribution in [3.05, 3.63) is 25.5 Å². The van der Waals surface area contributed by atoms with E-state index in [2.05, 4.69) is 31.4 Å². The summed E-state index contributed by atoms with van der Waals surface area (Å²) in [6.07, 6.45) is 2.26. The van der Waals surface area contributed by atoms with Gasteiger partial charge in [-0.1, -0.05) is 33.6 Å². The van der Waals surface area contributed by atoms with E-state index in [9.17, 15) is 0 Å². The van der Waals surface area contributed by atoms with E-state index in [1.807, 2.05) is 0 Å². The summed E-state index contributed by atoms with van der Waals surface area (Å²) in [6.45, 7) is 8.06. The van der Waals surface area contributed by atoms with Crippen LogP contribution in [-0.4, -0.2) is 19.3 Å². The molecule has 0 rings (SSSR count). The summed E-state index contributed by atoms with van der Waals surface area (Å²) in [5.74, 6) is 0. The minimum absolute atomic E-state index is 0. The molecule has 81 valence electrons. The van der Waals surface area contributed by atoms with Gasteiger partial charge in [0, 0.05) is 32.7 Å². The first kappa shape index (κ1) is 23.7. The van der Waals surface area contributed by atoms with Gasteiger partial charge in [0.1, 0.15) is 0 Å². The predicted molar refractivity (Wildman–Crippen MR) is 59.3 cm³/mol. The summed E-state index contributed by atoms with van der Waals surface area (Å²) in [4.78, 5) is 0. The van der Waals surface area contributed by atoms with Crippen molar-refractivity contribution in [1.29, 1.82) is 0 Å². The second-order valence-electron chi connectivity index (χ2n) is 2.53. The van der Waals surface area contributed by atoms with Crippen LogP contribution in [0.5, 0.6) is 0 Å². The first-order valence-electron chi connectivity index (χ1n) is 4.11. The Morgan fingerprint density at radius 1 is 1.15 bits per heavy atom. The molecular weight excluding hydrogens is 237 g/mol. The normalized spacial score (nSPS) is 10.4. The first-order valence-corrected chi connectivity index (χ1v) is 4.11. The Morgan fingerprint density at radius 2 is 1.69 bits per heavy atom. The van der Waals surface area contributed by atoms with Gasteiger partial charge in [0.15, 0.2) is 0 Å². The first-order chi connectivity index (χ1) is 4.81. The van der Waals surface area contributed by atoms with Crippen molar-refractivity contribution in [1.82, 2.24) is 0 Å². The average molecular weight is 261 g/mol. The van der Waals surface area contributed by atoms with Gasteiger partial charge < -0.3 is 25.5 Å². The van der Waals surface area contributed by atoms with E-state index in [0.717, 1.165) is 19.4 Å². The van der Waals surface area contributed by atoms with E-state index in [-0.39, 0.29) is 47.6 Å². The van der Waals surface area contributed by atoms with E-state index >= 15 is 0 Å². The Labute approximate surface area is 111 Å². The molecule has 0 bridgehead atoms.